The van der Waals surface area contributed by atoms with E-state index in [-0.39, 0.29) is 12.1 Å². The number of nitrogens with zero attached hydrogens (tertiary/aromatic N) is 1. The maximum absolute atomic E-state index is 11.8. The maximum atomic E-state index is 11.8. The number of methoxy groups -OCH3 is 1. The van der Waals surface area contributed by atoms with Crippen LogP contribution in [0.15, 0.2) is 48.7 Å². The summed E-state index contributed by atoms with van der Waals surface area (Å²) in [5, 5.41) is 5.67. The molecule has 0 saturated heterocycles. The standard InChI is InChI=1S/C16H19N3O2/c1-12(15-5-3-4-10-17-15)19-16(20)18-11-13-6-8-14(21-2)9-7-13/h3-10,12H,11H2,1-2H3,(H2,18,19,20)/t12-/m0/s1. The van der Waals surface area contributed by atoms with E-state index in [9.17, 15) is 4.79 Å². The number of benzene rings is 1. The molecule has 1 atom stereocenters. The lowest BCUT2D eigenvalue weighted by molar-refractivity contribution is 0.237. The first-order chi connectivity index (χ1) is 10.2. The van der Waals surface area contributed by atoms with Crippen LogP contribution in [0, 0.1) is 0 Å². The summed E-state index contributed by atoms with van der Waals surface area (Å²) in [5.74, 6) is 0.798. The molecule has 2 aromatic rings. The molecule has 110 valence electrons. The number of carbonyl (C=O) groups excluding carboxylic acids is 1. The highest BCUT2D eigenvalue weighted by atomic mass is 16.5. The van der Waals surface area contributed by atoms with Crippen LogP contribution in [0.3, 0.4) is 0 Å². The second-order valence-electron chi connectivity index (χ2n) is 4.65. The fourth-order valence-electron chi connectivity index (χ4n) is 1.88. The fourth-order valence-corrected chi connectivity index (χ4v) is 1.88. The Morgan fingerprint density at radius 2 is 2.00 bits per heavy atom. The third-order valence-corrected chi connectivity index (χ3v) is 3.09. The van der Waals surface area contributed by atoms with Crippen LogP contribution in [0.2, 0.25) is 0 Å². The molecule has 0 aliphatic carbocycles. The molecule has 0 unspecified atom stereocenters. The highest BCUT2D eigenvalue weighted by Gasteiger charge is 2.09. The predicted molar refractivity (Wildman–Crippen MR) is 81.0 cm³/mol. The van der Waals surface area contributed by atoms with Gasteiger partial charge in [0.2, 0.25) is 0 Å². The Balaban J connectivity index is 1.81. The Morgan fingerprint density at radius 3 is 2.62 bits per heavy atom. The van der Waals surface area contributed by atoms with E-state index in [0.717, 1.165) is 17.0 Å². The van der Waals surface area contributed by atoms with Crippen molar-refractivity contribution >= 4 is 6.03 Å². The number of aromatic nitrogens is 1. The summed E-state index contributed by atoms with van der Waals surface area (Å²) in [4.78, 5) is 16.1. The van der Waals surface area contributed by atoms with Crippen molar-refractivity contribution in [1.82, 2.24) is 15.6 Å². The Bertz CT molecular complexity index is 570. The van der Waals surface area contributed by atoms with Crippen molar-refractivity contribution in [2.24, 2.45) is 0 Å². The minimum absolute atomic E-state index is 0.137. The monoisotopic (exact) mass is 285 g/mol. The normalized spacial score (nSPS) is 11.5. The third-order valence-electron chi connectivity index (χ3n) is 3.09. The molecule has 0 bridgehead atoms. The Hall–Kier alpha value is -2.56. The number of pyridine rings is 1. The molecule has 21 heavy (non-hydrogen) atoms. The summed E-state index contributed by atoms with van der Waals surface area (Å²) in [6, 6.07) is 12.8. The van der Waals surface area contributed by atoms with Crippen LogP contribution >= 0.6 is 0 Å². The van der Waals surface area contributed by atoms with Crippen LogP contribution in [0.1, 0.15) is 24.2 Å². The molecule has 5 nitrogen and oxygen atoms in total. The summed E-state index contributed by atoms with van der Waals surface area (Å²) in [6.07, 6.45) is 1.71. The molecule has 0 fully saturated rings. The second-order valence-corrected chi connectivity index (χ2v) is 4.65. The van der Waals surface area contributed by atoms with Crippen LogP contribution < -0.4 is 15.4 Å². The molecule has 0 saturated carbocycles. The van der Waals surface area contributed by atoms with Gasteiger partial charge < -0.3 is 15.4 Å². The SMILES string of the molecule is COc1ccc(CNC(=O)N[C@@H](C)c2ccccn2)cc1. The lowest BCUT2D eigenvalue weighted by Gasteiger charge is -2.14. The molecule has 5 heteroatoms. The molecule has 0 radical (unpaired) electrons. The summed E-state index contributed by atoms with van der Waals surface area (Å²) in [6.45, 7) is 2.36. The molecule has 1 heterocycles. The van der Waals surface area contributed by atoms with Crippen LogP contribution in [0.25, 0.3) is 0 Å². The number of nitrogens with one attached hydrogen (secondary N) is 2. The second kappa shape index (κ2) is 7.28. The lowest BCUT2D eigenvalue weighted by atomic mass is 10.2. The molecule has 0 spiro atoms. The fraction of sp³-hybridized carbons (Fsp3) is 0.250. The molecule has 2 N–H and O–H groups in total. The first-order valence-electron chi connectivity index (χ1n) is 6.77. The van der Waals surface area contributed by atoms with E-state index < -0.39 is 0 Å². The molecular formula is C16H19N3O2. The van der Waals surface area contributed by atoms with Gasteiger partial charge in [-0.15, -0.1) is 0 Å². The van der Waals surface area contributed by atoms with Gasteiger partial charge in [0.15, 0.2) is 0 Å². The number of hydrogen-bond acceptors (Lipinski definition) is 3. The molecule has 1 aromatic heterocycles. The van der Waals surface area contributed by atoms with Gasteiger partial charge in [0.05, 0.1) is 18.8 Å². The zero-order chi connectivity index (χ0) is 15.1. The summed E-state index contributed by atoms with van der Waals surface area (Å²) < 4.78 is 5.09. The van der Waals surface area contributed by atoms with Crippen molar-refractivity contribution in [3.05, 3.63) is 59.9 Å². The highest BCUT2D eigenvalue weighted by molar-refractivity contribution is 5.74. The molecule has 1 aromatic carbocycles. The van der Waals surface area contributed by atoms with Gasteiger partial charge in [0.25, 0.3) is 0 Å². The van der Waals surface area contributed by atoms with Gasteiger partial charge in [-0.3, -0.25) is 4.98 Å². The Morgan fingerprint density at radius 1 is 1.24 bits per heavy atom. The Labute approximate surface area is 124 Å². The quantitative estimate of drug-likeness (QED) is 0.887. The molecular weight excluding hydrogens is 266 g/mol. The van der Waals surface area contributed by atoms with E-state index in [0.29, 0.717) is 6.54 Å². The van der Waals surface area contributed by atoms with E-state index >= 15 is 0 Å². The zero-order valence-electron chi connectivity index (χ0n) is 12.2. The summed E-state index contributed by atoms with van der Waals surface area (Å²) in [7, 11) is 1.62. The van der Waals surface area contributed by atoms with E-state index in [4.69, 9.17) is 4.74 Å². The Kier molecular flexibility index (Phi) is 5.15. The van der Waals surface area contributed by atoms with Gasteiger partial charge in [0, 0.05) is 12.7 Å². The van der Waals surface area contributed by atoms with Crippen LogP contribution in [0.4, 0.5) is 4.79 Å². The number of ether oxygens (including phenoxy) is 1. The molecule has 0 aliphatic heterocycles. The van der Waals surface area contributed by atoms with Gasteiger partial charge in [0.1, 0.15) is 5.75 Å². The van der Waals surface area contributed by atoms with Crippen molar-refractivity contribution in [2.75, 3.05) is 7.11 Å². The number of urea groups is 1. The minimum Gasteiger partial charge on any atom is -0.497 e. The molecule has 0 aliphatic rings. The van der Waals surface area contributed by atoms with Gasteiger partial charge in [-0.25, -0.2) is 4.79 Å². The predicted octanol–water partition coefficient (Wildman–Crippen LogP) is 2.65. The van der Waals surface area contributed by atoms with E-state index in [2.05, 4.69) is 15.6 Å². The average molecular weight is 285 g/mol. The average Bonchev–Trinajstić information content (AvgIpc) is 2.54. The van der Waals surface area contributed by atoms with E-state index in [1.807, 2.05) is 49.4 Å². The van der Waals surface area contributed by atoms with Crippen molar-refractivity contribution in [3.8, 4) is 5.75 Å². The summed E-state index contributed by atoms with van der Waals surface area (Å²) in [5.41, 5.74) is 1.84. The number of rotatable bonds is 5. The van der Waals surface area contributed by atoms with Crippen molar-refractivity contribution in [2.45, 2.75) is 19.5 Å². The van der Waals surface area contributed by atoms with Crippen molar-refractivity contribution in [1.29, 1.82) is 0 Å². The zero-order valence-corrected chi connectivity index (χ0v) is 12.2. The highest BCUT2D eigenvalue weighted by Crippen LogP contribution is 2.11. The number of hydrogen-bond donors (Lipinski definition) is 2. The van der Waals surface area contributed by atoms with Crippen LogP contribution in [-0.2, 0) is 6.54 Å². The number of amides is 2. The van der Waals surface area contributed by atoms with Crippen LogP contribution in [-0.4, -0.2) is 18.1 Å². The molecule has 2 rings (SSSR count). The summed E-state index contributed by atoms with van der Waals surface area (Å²) >= 11 is 0. The maximum Gasteiger partial charge on any atom is 0.315 e. The minimum atomic E-state index is -0.219. The van der Waals surface area contributed by atoms with E-state index in [1.165, 1.54) is 0 Å². The van der Waals surface area contributed by atoms with Gasteiger partial charge >= 0.3 is 6.03 Å². The molecule has 2 amide bonds. The third kappa shape index (κ3) is 4.49. The number of carbonyl (C=O) groups is 1. The van der Waals surface area contributed by atoms with Gasteiger partial charge in [-0.2, -0.15) is 0 Å². The lowest BCUT2D eigenvalue weighted by Crippen LogP contribution is -2.36. The topological polar surface area (TPSA) is 63.2 Å². The first kappa shape index (κ1) is 14.8. The van der Waals surface area contributed by atoms with Crippen molar-refractivity contribution < 1.29 is 9.53 Å². The smallest absolute Gasteiger partial charge is 0.315 e. The van der Waals surface area contributed by atoms with Gasteiger partial charge in [-0.1, -0.05) is 18.2 Å². The largest absolute Gasteiger partial charge is 0.497 e. The van der Waals surface area contributed by atoms with Crippen molar-refractivity contribution in [3.63, 3.8) is 0 Å². The van der Waals surface area contributed by atoms with E-state index in [1.54, 1.807) is 13.3 Å². The first-order valence-corrected chi connectivity index (χ1v) is 6.77. The van der Waals surface area contributed by atoms with Crippen LogP contribution in [0.5, 0.6) is 5.75 Å². The van der Waals surface area contributed by atoms with Gasteiger partial charge in [-0.05, 0) is 36.8 Å².